The molecule has 11 N–H and O–H groups in total. The molecule has 64 heavy (non-hydrogen) atoms. The fourth-order valence-electron chi connectivity index (χ4n) is 8.23. The van der Waals surface area contributed by atoms with Crippen LogP contribution in [0.2, 0.25) is 0 Å². The van der Waals surface area contributed by atoms with Gasteiger partial charge in [0.25, 0.3) is 0 Å². The first-order valence-electron chi connectivity index (χ1n) is 20.7. The molecule has 4 aliphatic rings. The van der Waals surface area contributed by atoms with Crippen LogP contribution in [0.3, 0.4) is 0 Å². The van der Waals surface area contributed by atoms with Gasteiger partial charge in [-0.1, -0.05) is 37.3 Å². The first-order chi connectivity index (χ1) is 30.5. The Morgan fingerprint density at radius 3 is 1.67 bits per heavy atom. The zero-order valence-corrected chi connectivity index (χ0v) is 35.1. The van der Waals surface area contributed by atoms with Crippen molar-refractivity contribution in [3.8, 4) is 86.2 Å². The van der Waals surface area contributed by atoms with Crippen molar-refractivity contribution >= 4 is 0 Å². The van der Waals surface area contributed by atoms with Crippen molar-refractivity contribution in [3.05, 3.63) is 124 Å². The number of para-hydroxylation sites is 4. The fourth-order valence-corrected chi connectivity index (χ4v) is 8.23. The third-order valence-electron chi connectivity index (χ3n) is 11.5. The average Bonchev–Trinajstić information content (AvgIpc) is 3.25. The Kier molecular flexibility index (Phi) is 12.7. The molecular formula is C49H50O15. The summed E-state index contributed by atoms with van der Waals surface area (Å²) in [6.07, 6.45) is 2.56. The number of hydrogen-bond acceptors (Lipinski definition) is 15. The predicted octanol–water partition coefficient (Wildman–Crippen LogP) is 9.18. The van der Waals surface area contributed by atoms with Crippen LogP contribution < -0.4 is 18.9 Å². The van der Waals surface area contributed by atoms with E-state index in [1.165, 1.54) is 54.6 Å². The quantitative estimate of drug-likeness (QED) is 0.0725. The van der Waals surface area contributed by atoms with Gasteiger partial charge in [-0.3, -0.25) is 0 Å². The molecule has 10 rings (SSSR count). The minimum atomic E-state index is -0.640. The van der Waals surface area contributed by atoms with Crippen LogP contribution in [0.5, 0.6) is 86.2 Å². The molecule has 6 aromatic rings. The Morgan fingerprint density at radius 1 is 0.516 bits per heavy atom. The van der Waals surface area contributed by atoms with Gasteiger partial charge in [-0.2, -0.15) is 0 Å². The molecule has 336 valence electrons. The molecule has 0 radical (unpaired) electrons. The molecule has 2 bridgehead atoms. The molecule has 6 aromatic carbocycles. The predicted molar refractivity (Wildman–Crippen MR) is 233 cm³/mol. The molecule has 0 amide bonds. The third kappa shape index (κ3) is 9.09. The summed E-state index contributed by atoms with van der Waals surface area (Å²) in [5, 5.41) is 105. The maximum atomic E-state index is 10.9. The van der Waals surface area contributed by atoms with Crippen LogP contribution in [-0.4, -0.2) is 68.6 Å². The number of rotatable bonds is 2. The van der Waals surface area contributed by atoms with Gasteiger partial charge in [0.2, 0.25) is 6.29 Å². The van der Waals surface area contributed by atoms with E-state index in [2.05, 4.69) is 0 Å². The number of fused-ring (bicyclic) bond motifs is 9. The highest BCUT2D eigenvalue weighted by molar-refractivity contribution is 5.67. The lowest BCUT2D eigenvalue weighted by molar-refractivity contribution is -0.0284. The van der Waals surface area contributed by atoms with Gasteiger partial charge >= 0.3 is 0 Å². The summed E-state index contributed by atoms with van der Waals surface area (Å²) in [4.78, 5) is 0. The maximum Gasteiger partial charge on any atom is 0.242 e. The normalized spacial score (nSPS) is 19.4. The average molecular weight is 879 g/mol. The second-order valence-corrected chi connectivity index (χ2v) is 15.9. The van der Waals surface area contributed by atoms with Crippen molar-refractivity contribution in [1.29, 1.82) is 0 Å². The minimum Gasteiger partial charge on any atom is -0.508 e. The van der Waals surface area contributed by atoms with Crippen molar-refractivity contribution in [1.82, 2.24) is 0 Å². The molecule has 0 aromatic heterocycles. The second-order valence-electron chi connectivity index (χ2n) is 15.9. The maximum absolute atomic E-state index is 10.9. The van der Waals surface area contributed by atoms with Crippen LogP contribution in [0.1, 0.15) is 90.9 Å². The summed E-state index contributed by atoms with van der Waals surface area (Å²) in [6.45, 7) is 5.82. The number of phenolic OH excluding ortho intramolecular Hbond substituents is 11. The van der Waals surface area contributed by atoms with E-state index in [4.69, 9.17) is 39.4 Å². The molecule has 0 aliphatic carbocycles. The van der Waals surface area contributed by atoms with E-state index >= 15 is 0 Å². The molecule has 0 saturated carbocycles. The van der Waals surface area contributed by atoms with Crippen molar-refractivity contribution < 1.29 is 75.1 Å². The Bertz CT molecular complexity index is 2580. The Hall–Kier alpha value is -7.68. The number of ether oxygens (including phenoxy) is 4. The third-order valence-corrected chi connectivity index (χ3v) is 11.5. The van der Waals surface area contributed by atoms with E-state index in [0.717, 1.165) is 24.8 Å². The first-order valence-corrected chi connectivity index (χ1v) is 20.7. The van der Waals surface area contributed by atoms with Crippen molar-refractivity contribution in [2.75, 3.05) is 0 Å². The topological polar surface area (TPSA) is 259 Å². The van der Waals surface area contributed by atoms with E-state index in [0.29, 0.717) is 63.7 Å². The number of hydrogen-bond donors (Lipinski definition) is 11. The monoisotopic (exact) mass is 878 g/mol. The van der Waals surface area contributed by atoms with Gasteiger partial charge in [0.05, 0.1) is 6.10 Å². The fraction of sp³-hybridized carbons (Fsp3) is 0.265. The smallest absolute Gasteiger partial charge is 0.242 e. The van der Waals surface area contributed by atoms with Gasteiger partial charge in [-0.15, -0.1) is 0 Å². The molecule has 5 atom stereocenters. The minimum absolute atomic E-state index is 0.0274. The zero-order valence-electron chi connectivity index (χ0n) is 35.1. The van der Waals surface area contributed by atoms with Crippen LogP contribution in [0, 0.1) is 6.92 Å². The molecule has 0 fully saturated rings. The highest BCUT2D eigenvalue weighted by atomic mass is 16.7. The van der Waals surface area contributed by atoms with Gasteiger partial charge in [-0.25, -0.2) is 0 Å². The first kappa shape index (κ1) is 44.4. The molecule has 15 nitrogen and oxygen atoms in total. The Balaban J connectivity index is 0.000000165. The summed E-state index contributed by atoms with van der Waals surface area (Å²) >= 11 is 0. The number of aromatic hydroxyl groups is 11. The van der Waals surface area contributed by atoms with Crippen LogP contribution in [0.15, 0.2) is 91.0 Å². The Morgan fingerprint density at radius 2 is 1.09 bits per heavy atom. The Labute approximate surface area is 368 Å². The highest BCUT2D eigenvalue weighted by Crippen LogP contribution is 2.60. The molecule has 4 heterocycles. The van der Waals surface area contributed by atoms with Gasteiger partial charge in [0.1, 0.15) is 57.8 Å². The van der Waals surface area contributed by atoms with E-state index in [1.807, 2.05) is 13.8 Å². The molecule has 0 saturated heterocycles. The highest BCUT2D eigenvalue weighted by Gasteiger charge is 2.44. The van der Waals surface area contributed by atoms with Gasteiger partial charge in [0.15, 0.2) is 34.5 Å². The van der Waals surface area contributed by atoms with Crippen LogP contribution in [-0.2, 0) is 6.42 Å². The van der Waals surface area contributed by atoms with E-state index in [9.17, 15) is 35.7 Å². The lowest BCUT2D eigenvalue weighted by Crippen LogP contribution is -2.36. The SMILES string of the molecule is CCC1CC(c2ccc(O)c(O)c2)Oc2c1c(O)cc1c2[C@@H]2C[C@@H](Oc3cc(O)cc(O)c32)O1.Cc1c(O)cc(O)c2c1OC(C)CC2.Oc1ccccc1O.Oc1ccccc1O. The summed E-state index contributed by atoms with van der Waals surface area (Å²) in [6, 6.07) is 22.6. The second kappa shape index (κ2) is 18.3. The molecule has 3 unspecified atom stereocenters. The molecule has 0 spiro atoms. The molecule has 15 heteroatoms. The summed E-state index contributed by atoms with van der Waals surface area (Å²) in [5.41, 5.74) is 4.16. The summed E-state index contributed by atoms with van der Waals surface area (Å²) < 4.78 is 24.0. The van der Waals surface area contributed by atoms with Crippen molar-refractivity contribution in [3.63, 3.8) is 0 Å². The van der Waals surface area contributed by atoms with E-state index < -0.39 is 12.4 Å². The summed E-state index contributed by atoms with van der Waals surface area (Å²) in [7, 11) is 0. The van der Waals surface area contributed by atoms with Crippen LogP contribution in [0.25, 0.3) is 0 Å². The zero-order chi connectivity index (χ0) is 46.0. The van der Waals surface area contributed by atoms with Gasteiger partial charge < -0.3 is 75.1 Å². The lowest BCUT2D eigenvalue weighted by atomic mass is 9.78. The molecule has 4 aliphatic heterocycles. The van der Waals surface area contributed by atoms with Crippen molar-refractivity contribution in [2.24, 2.45) is 0 Å². The lowest BCUT2D eigenvalue weighted by Gasteiger charge is -2.41. The number of phenols is 11. The standard InChI is InChI=1S/C26H24O8.C11H14O3.2C6H6O2/c1-2-11-6-19(12-3-4-15(28)16(29)5-12)34-26-23(11)18(31)10-21-25(26)14-9-22(33-21)32-20-8-13(27)7-17(30)24(14)20;1-6-3-4-8-10(13)5-9(12)7(2)11(8)14-6;2*7-5-3-1-2-4-6(5)8/h3-5,7-8,10-11,14,19,22,27-31H,2,6,9H2,1H3;5-6,12-13H,3-4H2,1-2H3;2*1-4,7-8H/t11?,14-,19?,22+;;;/m1.../s1. The summed E-state index contributed by atoms with van der Waals surface area (Å²) in [5.74, 6) is 0.899. The van der Waals surface area contributed by atoms with E-state index in [-0.39, 0.29) is 81.2 Å². The molecular weight excluding hydrogens is 829 g/mol. The van der Waals surface area contributed by atoms with Crippen LogP contribution in [0.4, 0.5) is 0 Å². The van der Waals surface area contributed by atoms with Gasteiger partial charge in [-0.05, 0) is 87.4 Å². The van der Waals surface area contributed by atoms with Gasteiger partial charge in [0, 0.05) is 64.4 Å². The van der Waals surface area contributed by atoms with Crippen LogP contribution >= 0.6 is 0 Å². The number of benzene rings is 6. The van der Waals surface area contributed by atoms with Crippen molar-refractivity contribution in [2.45, 2.75) is 83.2 Å². The van der Waals surface area contributed by atoms with E-state index in [1.54, 1.807) is 43.3 Å². The largest absolute Gasteiger partial charge is 0.508 e.